The number of ether oxygens (including phenoxy) is 1. The number of sulfonamides is 1. The van der Waals surface area contributed by atoms with Gasteiger partial charge in [-0.2, -0.15) is 0 Å². The molecule has 0 aliphatic carbocycles. The summed E-state index contributed by atoms with van der Waals surface area (Å²) in [7, 11) is -3.41. The van der Waals surface area contributed by atoms with E-state index in [2.05, 4.69) is 20.7 Å². The Hall–Kier alpha value is -0.430. The van der Waals surface area contributed by atoms with E-state index in [4.69, 9.17) is 4.74 Å². The van der Waals surface area contributed by atoms with E-state index in [0.717, 1.165) is 23.7 Å². The predicted molar refractivity (Wildman–Crippen MR) is 73.2 cm³/mol. The fraction of sp³-hybridized carbons (Fsp3) is 0.500. The molecule has 1 aliphatic heterocycles. The van der Waals surface area contributed by atoms with Crippen molar-refractivity contribution in [3.05, 3.63) is 29.8 Å². The molecule has 0 radical (unpaired) electrons. The minimum Gasteiger partial charge on any atom is -0.381 e. The topological polar surface area (TPSA) is 55.4 Å². The molecule has 1 N–H and O–H groups in total. The average molecular weight is 334 g/mol. The number of hydrogen-bond donors (Lipinski definition) is 1. The summed E-state index contributed by atoms with van der Waals surface area (Å²) in [6.45, 7) is 1.24. The van der Waals surface area contributed by atoms with Crippen LogP contribution in [0.4, 0.5) is 0 Å². The first-order valence-electron chi connectivity index (χ1n) is 5.87. The molecular formula is C12H16BrNO3S. The van der Waals surface area contributed by atoms with Gasteiger partial charge in [-0.1, -0.05) is 28.1 Å². The number of alkyl halides is 1. The monoisotopic (exact) mass is 333 g/mol. The van der Waals surface area contributed by atoms with Gasteiger partial charge in [-0.15, -0.1) is 0 Å². The van der Waals surface area contributed by atoms with E-state index >= 15 is 0 Å². The van der Waals surface area contributed by atoms with Crippen molar-refractivity contribution < 1.29 is 13.2 Å². The number of hydrogen-bond acceptors (Lipinski definition) is 3. The standard InChI is InChI=1S/C12H16BrNO3S/c13-9-10-1-3-12(4-2-10)18(15,16)14-11-5-7-17-8-6-11/h1-4,11,14H,5-9H2. The molecule has 2 rings (SSSR count). The van der Waals surface area contributed by atoms with Crippen molar-refractivity contribution in [2.24, 2.45) is 0 Å². The van der Waals surface area contributed by atoms with E-state index < -0.39 is 10.0 Å². The van der Waals surface area contributed by atoms with E-state index in [-0.39, 0.29) is 6.04 Å². The summed E-state index contributed by atoms with van der Waals surface area (Å²) in [6, 6.07) is 6.89. The molecule has 1 aliphatic rings. The quantitative estimate of drug-likeness (QED) is 0.858. The van der Waals surface area contributed by atoms with Crippen LogP contribution in [-0.4, -0.2) is 27.7 Å². The van der Waals surface area contributed by atoms with E-state index in [9.17, 15) is 8.42 Å². The van der Waals surface area contributed by atoms with Gasteiger partial charge in [0.1, 0.15) is 0 Å². The van der Waals surface area contributed by atoms with Gasteiger partial charge in [0.15, 0.2) is 0 Å². The molecule has 0 spiro atoms. The lowest BCUT2D eigenvalue weighted by Gasteiger charge is -2.22. The number of rotatable bonds is 4. The largest absolute Gasteiger partial charge is 0.381 e. The number of nitrogens with one attached hydrogen (secondary N) is 1. The smallest absolute Gasteiger partial charge is 0.240 e. The van der Waals surface area contributed by atoms with Crippen molar-refractivity contribution in [2.75, 3.05) is 13.2 Å². The molecule has 0 amide bonds. The Balaban J connectivity index is 2.08. The Morgan fingerprint density at radius 1 is 1.22 bits per heavy atom. The van der Waals surface area contributed by atoms with E-state index in [1.807, 2.05) is 12.1 Å². The molecule has 1 saturated heterocycles. The Morgan fingerprint density at radius 3 is 2.39 bits per heavy atom. The third kappa shape index (κ3) is 3.54. The third-order valence-corrected chi connectivity index (χ3v) is 5.11. The molecular weight excluding hydrogens is 318 g/mol. The maximum absolute atomic E-state index is 12.1. The van der Waals surface area contributed by atoms with Crippen LogP contribution >= 0.6 is 15.9 Å². The minimum absolute atomic E-state index is 0.0143. The van der Waals surface area contributed by atoms with Gasteiger partial charge in [-0.25, -0.2) is 13.1 Å². The third-order valence-electron chi connectivity index (χ3n) is 2.93. The fourth-order valence-corrected chi connectivity index (χ4v) is 3.54. The van der Waals surface area contributed by atoms with Crippen molar-refractivity contribution in [2.45, 2.75) is 29.1 Å². The van der Waals surface area contributed by atoms with Gasteiger partial charge in [-0.05, 0) is 30.5 Å². The summed E-state index contributed by atoms with van der Waals surface area (Å²) in [5.74, 6) is 0. The molecule has 0 unspecified atom stereocenters. The van der Waals surface area contributed by atoms with Crippen LogP contribution in [0.3, 0.4) is 0 Å². The van der Waals surface area contributed by atoms with Crippen molar-refractivity contribution in [1.29, 1.82) is 0 Å². The summed E-state index contributed by atoms with van der Waals surface area (Å²) in [5, 5.41) is 0.723. The lowest BCUT2D eigenvalue weighted by molar-refractivity contribution is 0.0832. The first-order valence-corrected chi connectivity index (χ1v) is 8.47. The van der Waals surface area contributed by atoms with Crippen LogP contribution in [0, 0.1) is 0 Å². The van der Waals surface area contributed by atoms with E-state index in [1.54, 1.807) is 12.1 Å². The highest BCUT2D eigenvalue weighted by atomic mass is 79.9. The van der Waals surface area contributed by atoms with Crippen LogP contribution in [-0.2, 0) is 20.1 Å². The zero-order valence-electron chi connectivity index (χ0n) is 9.93. The highest BCUT2D eigenvalue weighted by Gasteiger charge is 2.21. The molecule has 0 saturated carbocycles. The van der Waals surface area contributed by atoms with Gasteiger partial charge < -0.3 is 4.74 Å². The lowest BCUT2D eigenvalue weighted by atomic mass is 10.1. The molecule has 4 nitrogen and oxygen atoms in total. The summed E-state index contributed by atoms with van der Waals surface area (Å²) in [5.41, 5.74) is 1.06. The van der Waals surface area contributed by atoms with Gasteiger partial charge in [0.05, 0.1) is 4.90 Å². The van der Waals surface area contributed by atoms with Crippen LogP contribution in [0.1, 0.15) is 18.4 Å². The van der Waals surface area contributed by atoms with Crippen LogP contribution in [0.5, 0.6) is 0 Å². The normalized spacial score (nSPS) is 17.8. The van der Waals surface area contributed by atoms with Gasteiger partial charge in [-0.3, -0.25) is 0 Å². The van der Waals surface area contributed by atoms with Gasteiger partial charge >= 0.3 is 0 Å². The van der Waals surface area contributed by atoms with Gasteiger partial charge in [0.2, 0.25) is 10.0 Å². The van der Waals surface area contributed by atoms with Gasteiger partial charge in [0.25, 0.3) is 0 Å². The molecule has 6 heteroatoms. The average Bonchev–Trinajstić information content (AvgIpc) is 2.39. The van der Waals surface area contributed by atoms with Crippen LogP contribution in [0.25, 0.3) is 0 Å². The summed E-state index contributed by atoms with van der Waals surface area (Å²) < 4.78 is 32.2. The highest BCUT2D eigenvalue weighted by molar-refractivity contribution is 9.08. The molecule has 1 aromatic rings. The molecule has 18 heavy (non-hydrogen) atoms. The van der Waals surface area contributed by atoms with E-state index in [0.29, 0.717) is 18.1 Å². The lowest BCUT2D eigenvalue weighted by Crippen LogP contribution is -2.38. The SMILES string of the molecule is O=S(=O)(NC1CCOCC1)c1ccc(CBr)cc1. The molecule has 100 valence electrons. The van der Waals surface area contributed by atoms with Crippen LogP contribution < -0.4 is 4.72 Å². The molecule has 1 aromatic carbocycles. The molecule has 0 atom stereocenters. The zero-order valence-corrected chi connectivity index (χ0v) is 12.3. The second-order valence-corrected chi connectivity index (χ2v) is 6.56. The summed E-state index contributed by atoms with van der Waals surface area (Å²) in [4.78, 5) is 0.318. The molecule has 1 fully saturated rings. The van der Waals surface area contributed by atoms with Crippen LogP contribution in [0.2, 0.25) is 0 Å². The molecule has 0 aromatic heterocycles. The number of halogens is 1. The Morgan fingerprint density at radius 2 is 1.83 bits per heavy atom. The van der Waals surface area contributed by atoms with Crippen molar-refractivity contribution >= 4 is 26.0 Å². The highest BCUT2D eigenvalue weighted by Crippen LogP contribution is 2.15. The zero-order chi connectivity index (χ0) is 13.0. The van der Waals surface area contributed by atoms with Gasteiger partial charge in [0, 0.05) is 24.6 Å². The maximum Gasteiger partial charge on any atom is 0.240 e. The fourth-order valence-electron chi connectivity index (χ4n) is 1.86. The van der Waals surface area contributed by atoms with E-state index in [1.165, 1.54) is 0 Å². The van der Waals surface area contributed by atoms with Crippen molar-refractivity contribution in [3.63, 3.8) is 0 Å². The summed E-state index contributed by atoms with van der Waals surface area (Å²) in [6.07, 6.45) is 1.47. The predicted octanol–water partition coefficient (Wildman–Crippen LogP) is 2.04. The maximum atomic E-state index is 12.1. The Bertz CT molecular complexity index is 481. The Kier molecular flexibility index (Phi) is 4.77. The first-order chi connectivity index (χ1) is 8.62. The summed E-state index contributed by atoms with van der Waals surface area (Å²) >= 11 is 3.33. The number of benzene rings is 1. The Labute approximate surface area is 116 Å². The second-order valence-electron chi connectivity index (χ2n) is 4.29. The molecule has 0 bridgehead atoms. The molecule has 1 heterocycles. The second kappa shape index (κ2) is 6.14. The first kappa shape index (κ1) is 14.0. The van der Waals surface area contributed by atoms with Crippen molar-refractivity contribution in [1.82, 2.24) is 4.72 Å². The van der Waals surface area contributed by atoms with Crippen molar-refractivity contribution in [3.8, 4) is 0 Å². The van der Waals surface area contributed by atoms with Crippen LogP contribution in [0.15, 0.2) is 29.2 Å². The minimum atomic E-state index is -3.41.